The Balaban J connectivity index is 1.38. The molecule has 4 rings (SSSR count). The molecule has 0 N–H and O–H groups in total. The number of benzene rings is 1. The summed E-state index contributed by atoms with van der Waals surface area (Å²) >= 11 is 0. The van der Waals surface area contributed by atoms with Crippen LogP contribution in [-0.2, 0) is 15.8 Å². The van der Waals surface area contributed by atoms with Crippen LogP contribution in [0, 0.1) is 11.6 Å². The van der Waals surface area contributed by atoms with Crippen LogP contribution in [0.1, 0.15) is 5.56 Å². The minimum absolute atomic E-state index is 0.104. The molecule has 2 aliphatic rings. The standard InChI is InChI=1S/C20H26F2N6O2S/c1-25-2-4-26(5-3-25)19-13-20(24-15-23-19)27-6-8-28(9-7-27)31(29,30)14-16-10-17(21)12-18(22)11-16/h10-13,15H,2-9,14H2,1H3. The third-order valence-corrected chi connectivity index (χ3v) is 7.54. The highest BCUT2D eigenvalue weighted by atomic mass is 32.2. The third-order valence-electron chi connectivity index (χ3n) is 5.69. The van der Waals surface area contributed by atoms with Crippen LogP contribution in [0.25, 0.3) is 0 Å². The number of likely N-dealkylation sites (N-methyl/N-ethyl adjacent to an activating group) is 1. The number of halogens is 2. The SMILES string of the molecule is CN1CCN(c2cc(N3CCN(S(=O)(=O)Cc4cc(F)cc(F)c4)CC3)ncn2)CC1. The fraction of sp³-hybridized carbons (Fsp3) is 0.500. The first-order chi connectivity index (χ1) is 14.8. The number of anilines is 2. The molecule has 1 aromatic heterocycles. The van der Waals surface area contributed by atoms with Crippen molar-refractivity contribution in [2.45, 2.75) is 5.75 Å². The second-order valence-corrected chi connectivity index (χ2v) is 9.91. The van der Waals surface area contributed by atoms with Crippen molar-refractivity contribution < 1.29 is 17.2 Å². The number of aromatic nitrogens is 2. The molecule has 0 radical (unpaired) electrons. The molecular weight excluding hydrogens is 426 g/mol. The second kappa shape index (κ2) is 9.01. The third kappa shape index (κ3) is 5.28. The molecule has 1 aromatic carbocycles. The highest BCUT2D eigenvalue weighted by Crippen LogP contribution is 2.22. The Labute approximate surface area is 181 Å². The molecule has 0 atom stereocenters. The lowest BCUT2D eigenvalue weighted by atomic mass is 10.2. The average Bonchev–Trinajstić information content (AvgIpc) is 2.73. The van der Waals surface area contributed by atoms with Crippen molar-refractivity contribution in [1.82, 2.24) is 19.2 Å². The van der Waals surface area contributed by atoms with Gasteiger partial charge in [0.15, 0.2) is 0 Å². The molecule has 2 fully saturated rings. The Hall–Kier alpha value is -2.37. The molecule has 2 saturated heterocycles. The van der Waals surface area contributed by atoms with Gasteiger partial charge < -0.3 is 14.7 Å². The van der Waals surface area contributed by atoms with Crippen LogP contribution in [-0.4, -0.2) is 87.0 Å². The van der Waals surface area contributed by atoms with Crippen LogP contribution >= 0.6 is 0 Å². The summed E-state index contributed by atoms with van der Waals surface area (Å²) in [6.07, 6.45) is 1.55. The van der Waals surface area contributed by atoms with E-state index >= 15 is 0 Å². The Bertz CT molecular complexity index is 1000. The Kier molecular flexibility index (Phi) is 6.35. The van der Waals surface area contributed by atoms with Gasteiger partial charge in [-0.25, -0.2) is 27.2 Å². The summed E-state index contributed by atoms with van der Waals surface area (Å²) in [6.45, 7) is 5.29. The van der Waals surface area contributed by atoms with Crippen LogP contribution in [0.5, 0.6) is 0 Å². The van der Waals surface area contributed by atoms with Gasteiger partial charge in [-0.1, -0.05) is 0 Å². The predicted octanol–water partition coefficient (Wildman–Crippen LogP) is 1.16. The summed E-state index contributed by atoms with van der Waals surface area (Å²) in [5.74, 6) is -0.345. The van der Waals surface area contributed by atoms with Gasteiger partial charge in [-0.3, -0.25) is 0 Å². The van der Waals surface area contributed by atoms with E-state index in [0.717, 1.165) is 56.0 Å². The van der Waals surface area contributed by atoms with Crippen LogP contribution < -0.4 is 9.80 Å². The first-order valence-corrected chi connectivity index (χ1v) is 11.8. The van der Waals surface area contributed by atoms with Gasteiger partial charge in [0.05, 0.1) is 5.75 Å². The molecule has 2 aromatic rings. The predicted molar refractivity (Wildman–Crippen MR) is 115 cm³/mol. The van der Waals surface area contributed by atoms with Crippen molar-refractivity contribution in [2.75, 3.05) is 69.2 Å². The summed E-state index contributed by atoms with van der Waals surface area (Å²) in [5, 5.41) is 0. The fourth-order valence-electron chi connectivity index (χ4n) is 3.91. The van der Waals surface area contributed by atoms with Gasteiger partial charge in [0.2, 0.25) is 10.0 Å². The number of sulfonamides is 1. The second-order valence-electron chi connectivity index (χ2n) is 7.94. The summed E-state index contributed by atoms with van der Waals surface area (Å²) in [4.78, 5) is 15.3. The molecule has 8 nitrogen and oxygen atoms in total. The summed E-state index contributed by atoms with van der Waals surface area (Å²) in [6, 6.07) is 4.79. The minimum Gasteiger partial charge on any atom is -0.354 e. The Morgan fingerprint density at radius 3 is 1.87 bits per heavy atom. The molecule has 3 heterocycles. The first kappa shape index (κ1) is 21.8. The van der Waals surface area contributed by atoms with E-state index in [-0.39, 0.29) is 18.7 Å². The number of hydrogen-bond donors (Lipinski definition) is 0. The van der Waals surface area contributed by atoms with E-state index in [1.54, 1.807) is 6.33 Å². The average molecular weight is 453 g/mol. The number of piperazine rings is 2. The van der Waals surface area contributed by atoms with Crippen LogP contribution in [0.2, 0.25) is 0 Å². The van der Waals surface area contributed by atoms with E-state index in [9.17, 15) is 17.2 Å². The van der Waals surface area contributed by atoms with Gasteiger partial charge in [-0.2, -0.15) is 4.31 Å². The lowest BCUT2D eigenvalue weighted by molar-refractivity contribution is 0.312. The number of nitrogens with zero attached hydrogens (tertiary/aromatic N) is 6. The minimum atomic E-state index is -3.68. The maximum Gasteiger partial charge on any atom is 0.218 e. The van der Waals surface area contributed by atoms with E-state index < -0.39 is 27.4 Å². The van der Waals surface area contributed by atoms with Crippen molar-refractivity contribution in [2.24, 2.45) is 0 Å². The largest absolute Gasteiger partial charge is 0.354 e. The van der Waals surface area contributed by atoms with Gasteiger partial charge >= 0.3 is 0 Å². The first-order valence-electron chi connectivity index (χ1n) is 10.2. The Morgan fingerprint density at radius 2 is 1.32 bits per heavy atom. The van der Waals surface area contributed by atoms with Crippen molar-refractivity contribution >= 4 is 21.7 Å². The molecular formula is C20H26F2N6O2S. The Morgan fingerprint density at radius 1 is 0.806 bits per heavy atom. The number of rotatable bonds is 5. The van der Waals surface area contributed by atoms with Crippen molar-refractivity contribution in [3.05, 3.63) is 47.8 Å². The van der Waals surface area contributed by atoms with E-state index in [1.807, 2.05) is 11.0 Å². The van der Waals surface area contributed by atoms with Crippen molar-refractivity contribution in [3.8, 4) is 0 Å². The van der Waals surface area contributed by atoms with Crippen LogP contribution in [0.4, 0.5) is 20.4 Å². The molecule has 31 heavy (non-hydrogen) atoms. The zero-order chi connectivity index (χ0) is 22.0. The lowest BCUT2D eigenvalue weighted by Gasteiger charge is -2.36. The van der Waals surface area contributed by atoms with E-state index in [4.69, 9.17) is 0 Å². The van der Waals surface area contributed by atoms with Crippen LogP contribution in [0.3, 0.4) is 0 Å². The quantitative estimate of drug-likeness (QED) is 0.674. The summed E-state index contributed by atoms with van der Waals surface area (Å²) in [7, 11) is -1.58. The summed E-state index contributed by atoms with van der Waals surface area (Å²) < 4.78 is 53.6. The van der Waals surface area contributed by atoms with Gasteiger partial charge in [-0.05, 0) is 24.7 Å². The summed E-state index contributed by atoms with van der Waals surface area (Å²) in [5.41, 5.74) is 0.104. The normalized spacial score (nSPS) is 19.1. The topological polar surface area (TPSA) is 72.9 Å². The molecule has 0 unspecified atom stereocenters. The highest BCUT2D eigenvalue weighted by Gasteiger charge is 2.28. The zero-order valence-electron chi connectivity index (χ0n) is 17.4. The molecule has 168 valence electrons. The lowest BCUT2D eigenvalue weighted by Crippen LogP contribution is -2.49. The molecule has 11 heteroatoms. The van der Waals surface area contributed by atoms with Gasteiger partial charge in [0.1, 0.15) is 29.6 Å². The highest BCUT2D eigenvalue weighted by molar-refractivity contribution is 7.88. The monoisotopic (exact) mass is 452 g/mol. The zero-order valence-corrected chi connectivity index (χ0v) is 18.2. The molecule has 2 aliphatic heterocycles. The van der Waals surface area contributed by atoms with Gasteiger partial charge in [0.25, 0.3) is 0 Å². The van der Waals surface area contributed by atoms with Crippen molar-refractivity contribution in [1.29, 1.82) is 0 Å². The molecule has 0 spiro atoms. The van der Waals surface area contributed by atoms with E-state index in [2.05, 4.69) is 26.8 Å². The van der Waals surface area contributed by atoms with Gasteiger partial charge in [-0.15, -0.1) is 0 Å². The van der Waals surface area contributed by atoms with Crippen molar-refractivity contribution in [3.63, 3.8) is 0 Å². The maximum atomic E-state index is 13.4. The van der Waals surface area contributed by atoms with E-state index in [1.165, 1.54) is 4.31 Å². The van der Waals surface area contributed by atoms with Gasteiger partial charge in [0, 0.05) is 64.5 Å². The van der Waals surface area contributed by atoms with Crippen LogP contribution in [0.15, 0.2) is 30.6 Å². The molecule has 0 bridgehead atoms. The molecule has 0 aliphatic carbocycles. The maximum absolute atomic E-state index is 13.4. The fourth-order valence-corrected chi connectivity index (χ4v) is 5.40. The number of hydrogen-bond acceptors (Lipinski definition) is 7. The smallest absolute Gasteiger partial charge is 0.218 e. The molecule has 0 amide bonds. The van der Waals surface area contributed by atoms with E-state index in [0.29, 0.717) is 13.1 Å². The molecule has 0 saturated carbocycles.